The van der Waals surface area contributed by atoms with E-state index < -0.39 is 10.0 Å². The molecule has 156 valence electrons. The zero-order valence-corrected chi connectivity index (χ0v) is 17.9. The SMILES string of the molecule is COc1cc(NC(=O)CSc2ccc(S(=O)(=O)N3CCCC3)cn2)cc(OC)c1. The van der Waals surface area contributed by atoms with Crippen molar-refractivity contribution in [3.63, 3.8) is 0 Å². The maximum atomic E-state index is 12.5. The third kappa shape index (κ3) is 5.40. The van der Waals surface area contributed by atoms with Gasteiger partial charge in [0.2, 0.25) is 15.9 Å². The number of carbonyl (C=O) groups excluding carboxylic acids is 1. The second kappa shape index (κ2) is 9.47. The Bertz CT molecular complexity index is 936. The number of hydrogen-bond donors (Lipinski definition) is 1. The Morgan fingerprint density at radius 3 is 2.34 bits per heavy atom. The lowest BCUT2D eigenvalue weighted by Gasteiger charge is -2.15. The Morgan fingerprint density at radius 1 is 1.14 bits per heavy atom. The first-order valence-corrected chi connectivity index (χ1v) is 11.5. The van der Waals surface area contributed by atoms with Crippen LogP contribution in [0.15, 0.2) is 46.5 Å². The van der Waals surface area contributed by atoms with Crippen LogP contribution in [-0.2, 0) is 14.8 Å². The normalized spacial score (nSPS) is 14.6. The Labute approximate surface area is 174 Å². The van der Waals surface area contributed by atoms with Crippen molar-refractivity contribution in [2.45, 2.75) is 22.8 Å². The fourth-order valence-electron chi connectivity index (χ4n) is 2.90. The van der Waals surface area contributed by atoms with Gasteiger partial charge in [-0.1, -0.05) is 11.8 Å². The summed E-state index contributed by atoms with van der Waals surface area (Å²) in [7, 11) is -0.408. The molecule has 29 heavy (non-hydrogen) atoms. The van der Waals surface area contributed by atoms with Crippen molar-refractivity contribution >= 4 is 33.4 Å². The molecule has 0 saturated carbocycles. The lowest BCUT2D eigenvalue weighted by Crippen LogP contribution is -2.27. The molecule has 10 heteroatoms. The molecule has 2 aromatic rings. The topological polar surface area (TPSA) is 97.8 Å². The minimum absolute atomic E-state index is 0.130. The van der Waals surface area contributed by atoms with Crippen LogP contribution >= 0.6 is 11.8 Å². The van der Waals surface area contributed by atoms with E-state index in [0.717, 1.165) is 12.8 Å². The van der Waals surface area contributed by atoms with Crippen molar-refractivity contribution in [1.82, 2.24) is 9.29 Å². The maximum Gasteiger partial charge on any atom is 0.244 e. The van der Waals surface area contributed by atoms with E-state index in [2.05, 4.69) is 10.3 Å². The number of nitrogens with one attached hydrogen (secondary N) is 1. The van der Waals surface area contributed by atoms with Crippen LogP contribution in [0.3, 0.4) is 0 Å². The highest BCUT2D eigenvalue weighted by atomic mass is 32.2. The highest BCUT2D eigenvalue weighted by molar-refractivity contribution is 7.99. The number of methoxy groups -OCH3 is 2. The van der Waals surface area contributed by atoms with Crippen molar-refractivity contribution in [2.24, 2.45) is 0 Å². The van der Waals surface area contributed by atoms with Gasteiger partial charge in [-0.15, -0.1) is 0 Å². The summed E-state index contributed by atoms with van der Waals surface area (Å²) in [4.78, 5) is 16.6. The number of amides is 1. The molecule has 8 nitrogen and oxygen atoms in total. The summed E-state index contributed by atoms with van der Waals surface area (Å²) in [5.41, 5.74) is 0.562. The third-order valence-electron chi connectivity index (χ3n) is 4.40. The van der Waals surface area contributed by atoms with Gasteiger partial charge in [0.1, 0.15) is 16.4 Å². The average Bonchev–Trinajstić information content (AvgIpc) is 3.28. The summed E-state index contributed by atoms with van der Waals surface area (Å²) in [6.07, 6.45) is 3.12. The largest absolute Gasteiger partial charge is 0.497 e. The molecule has 1 aliphatic rings. The van der Waals surface area contributed by atoms with E-state index in [1.807, 2.05) is 0 Å². The number of nitrogens with zero attached hydrogens (tertiary/aromatic N) is 2. The van der Waals surface area contributed by atoms with Crippen LogP contribution in [0.1, 0.15) is 12.8 Å². The molecule has 0 radical (unpaired) electrons. The van der Waals surface area contributed by atoms with Crippen LogP contribution in [-0.4, -0.2) is 56.7 Å². The molecule has 1 saturated heterocycles. The van der Waals surface area contributed by atoms with Crippen LogP contribution in [0, 0.1) is 0 Å². The Kier molecular flexibility index (Phi) is 6.99. The summed E-state index contributed by atoms with van der Waals surface area (Å²) < 4.78 is 36.9. The van der Waals surface area contributed by atoms with Gasteiger partial charge >= 0.3 is 0 Å². The van der Waals surface area contributed by atoms with Gasteiger partial charge in [-0.25, -0.2) is 13.4 Å². The van der Waals surface area contributed by atoms with E-state index in [4.69, 9.17) is 9.47 Å². The van der Waals surface area contributed by atoms with E-state index in [9.17, 15) is 13.2 Å². The molecule has 0 unspecified atom stereocenters. The molecule has 3 rings (SSSR count). The van der Waals surface area contributed by atoms with Gasteiger partial charge < -0.3 is 14.8 Å². The standard InChI is InChI=1S/C19H23N3O5S2/c1-26-15-9-14(10-16(11-15)27-2)21-18(23)13-28-19-6-5-17(12-20-19)29(24,25)22-7-3-4-8-22/h5-6,9-12H,3-4,7-8,13H2,1-2H3,(H,21,23). The minimum atomic E-state index is -3.48. The van der Waals surface area contributed by atoms with Gasteiger partial charge in [-0.05, 0) is 25.0 Å². The Morgan fingerprint density at radius 2 is 1.79 bits per heavy atom. The van der Waals surface area contributed by atoms with E-state index in [1.54, 1.807) is 24.3 Å². The molecular weight excluding hydrogens is 414 g/mol. The van der Waals surface area contributed by atoms with E-state index in [-0.39, 0.29) is 16.6 Å². The zero-order chi connectivity index (χ0) is 20.9. The number of benzene rings is 1. The summed E-state index contributed by atoms with van der Waals surface area (Å²) >= 11 is 1.23. The number of hydrogen-bond acceptors (Lipinski definition) is 7. The summed E-state index contributed by atoms with van der Waals surface area (Å²) in [5, 5.41) is 3.36. The number of sulfonamides is 1. The molecule has 1 aromatic heterocycles. The third-order valence-corrected chi connectivity index (χ3v) is 7.22. The second-order valence-corrected chi connectivity index (χ2v) is 9.32. The predicted octanol–water partition coefficient (Wildman–Crippen LogP) is 2.61. The van der Waals surface area contributed by atoms with E-state index in [0.29, 0.717) is 35.3 Å². The molecule has 1 N–H and O–H groups in total. The minimum Gasteiger partial charge on any atom is -0.497 e. The molecular formula is C19H23N3O5S2. The Balaban J connectivity index is 1.58. The number of ether oxygens (including phenoxy) is 2. The smallest absolute Gasteiger partial charge is 0.244 e. The zero-order valence-electron chi connectivity index (χ0n) is 16.3. The van der Waals surface area contributed by atoms with Gasteiger partial charge in [0.05, 0.1) is 25.0 Å². The van der Waals surface area contributed by atoms with Gasteiger partial charge in [0.25, 0.3) is 0 Å². The van der Waals surface area contributed by atoms with Crippen LogP contribution in [0.2, 0.25) is 0 Å². The molecule has 1 amide bonds. The van der Waals surface area contributed by atoms with Crippen molar-refractivity contribution in [3.8, 4) is 11.5 Å². The monoisotopic (exact) mass is 437 g/mol. The quantitative estimate of drug-likeness (QED) is 0.634. The first kappa shape index (κ1) is 21.4. The lowest BCUT2D eigenvalue weighted by molar-refractivity contribution is -0.113. The average molecular weight is 438 g/mol. The highest BCUT2D eigenvalue weighted by Crippen LogP contribution is 2.26. The van der Waals surface area contributed by atoms with Gasteiger partial charge in [0, 0.05) is 43.2 Å². The van der Waals surface area contributed by atoms with Gasteiger partial charge in [0.15, 0.2) is 0 Å². The number of aromatic nitrogens is 1. The molecule has 1 aromatic carbocycles. The van der Waals surface area contributed by atoms with Crippen LogP contribution in [0.5, 0.6) is 11.5 Å². The molecule has 1 fully saturated rings. The number of carbonyl (C=O) groups is 1. The van der Waals surface area contributed by atoms with Crippen molar-refractivity contribution < 1.29 is 22.7 Å². The van der Waals surface area contributed by atoms with Crippen LogP contribution in [0.4, 0.5) is 5.69 Å². The molecule has 1 aliphatic heterocycles. The molecule has 2 heterocycles. The number of pyridine rings is 1. The second-order valence-electron chi connectivity index (χ2n) is 6.38. The number of rotatable bonds is 8. The van der Waals surface area contributed by atoms with Crippen molar-refractivity contribution in [3.05, 3.63) is 36.5 Å². The van der Waals surface area contributed by atoms with Crippen LogP contribution < -0.4 is 14.8 Å². The lowest BCUT2D eigenvalue weighted by atomic mass is 10.2. The molecule has 0 atom stereocenters. The molecule has 0 aliphatic carbocycles. The van der Waals surface area contributed by atoms with Gasteiger partial charge in [-0.2, -0.15) is 4.31 Å². The van der Waals surface area contributed by atoms with E-state index >= 15 is 0 Å². The summed E-state index contributed by atoms with van der Waals surface area (Å²) in [5.74, 6) is 1.05. The number of anilines is 1. The van der Waals surface area contributed by atoms with Crippen LogP contribution in [0.25, 0.3) is 0 Å². The Hall–Kier alpha value is -2.30. The first-order chi connectivity index (χ1) is 13.9. The highest BCUT2D eigenvalue weighted by Gasteiger charge is 2.27. The van der Waals surface area contributed by atoms with Gasteiger partial charge in [-0.3, -0.25) is 4.79 Å². The summed E-state index contributed by atoms with van der Waals surface area (Å²) in [6, 6.07) is 8.26. The summed E-state index contributed by atoms with van der Waals surface area (Å²) in [6.45, 7) is 1.10. The molecule has 0 spiro atoms. The predicted molar refractivity (Wildman–Crippen MR) is 111 cm³/mol. The van der Waals surface area contributed by atoms with E-state index in [1.165, 1.54) is 42.5 Å². The fourth-order valence-corrected chi connectivity index (χ4v) is 5.00. The molecule has 0 bridgehead atoms. The first-order valence-electron chi connectivity index (χ1n) is 9.04. The maximum absolute atomic E-state index is 12.5. The number of thioether (sulfide) groups is 1. The fraction of sp³-hybridized carbons (Fsp3) is 0.368. The van der Waals surface area contributed by atoms with Crippen molar-refractivity contribution in [1.29, 1.82) is 0 Å². The van der Waals surface area contributed by atoms with Crippen molar-refractivity contribution in [2.75, 3.05) is 38.4 Å².